The summed E-state index contributed by atoms with van der Waals surface area (Å²) in [5.74, 6) is 0. The Bertz CT molecular complexity index is 530. The molecule has 3 nitrogen and oxygen atoms in total. The van der Waals surface area contributed by atoms with Crippen molar-refractivity contribution >= 4 is 0 Å². The van der Waals surface area contributed by atoms with Gasteiger partial charge in [0.1, 0.15) is 0 Å². The van der Waals surface area contributed by atoms with E-state index < -0.39 is 6.10 Å². The second-order valence-corrected chi connectivity index (χ2v) is 5.84. The molecule has 0 radical (unpaired) electrons. The molecule has 0 saturated carbocycles. The van der Waals surface area contributed by atoms with Crippen molar-refractivity contribution < 1.29 is 10.2 Å². The van der Waals surface area contributed by atoms with E-state index in [4.69, 9.17) is 5.11 Å². The van der Waals surface area contributed by atoms with E-state index >= 15 is 0 Å². The number of benzene rings is 2. The van der Waals surface area contributed by atoms with Gasteiger partial charge in [-0.05, 0) is 30.5 Å². The average Bonchev–Trinajstić information content (AvgIpc) is 2.62. The summed E-state index contributed by atoms with van der Waals surface area (Å²) in [4.78, 5) is 0. The van der Waals surface area contributed by atoms with Gasteiger partial charge in [-0.25, -0.2) is 0 Å². The number of hydrogen-bond acceptors (Lipinski definition) is 3. The predicted octanol–water partition coefficient (Wildman–Crippen LogP) is 3.60. The van der Waals surface area contributed by atoms with Crippen molar-refractivity contribution in [2.75, 3.05) is 13.2 Å². The molecular weight excluding hydrogens is 286 g/mol. The van der Waals surface area contributed by atoms with Gasteiger partial charge in [0.25, 0.3) is 0 Å². The van der Waals surface area contributed by atoms with E-state index in [2.05, 4.69) is 17.4 Å². The third kappa shape index (κ3) is 5.79. The predicted molar refractivity (Wildman–Crippen MR) is 94.1 cm³/mol. The lowest BCUT2D eigenvalue weighted by Crippen LogP contribution is -2.28. The zero-order chi connectivity index (χ0) is 16.3. The molecule has 0 amide bonds. The van der Waals surface area contributed by atoms with Crippen LogP contribution < -0.4 is 5.32 Å². The molecule has 0 aliphatic heterocycles. The number of aliphatic hydroxyl groups excluding tert-OH is 2. The van der Waals surface area contributed by atoms with Crippen molar-refractivity contribution in [3.63, 3.8) is 0 Å². The van der Waals surface area contributed by atoms with Crippen LogP contribution in [0.15, 0.2) is 60.7 Å². The van der Waals surface area contributed by atoms with Crippen LogP contribution in [-0.2, 0) is 0 Å². The zero-order valence-electron chi connectivity index (χ0n) is 13.6. The molecule has 2 atom stereocenters. The first kappa shape index (κ1) is 17.7. The molecule has 0 fully saturated rings. The molecule has 23 heavy (non-hydrogen) atoms. The second-order valence-electron chi connectivity index (χ2n) is 5.84. The molecule has 2 aromatic rings. The standard InChI is InChI=1S/C20H27NO2/c22-16-10-2-1-9-15-21-19(17-11-5-3-6-12-17)20(23)18-13-7-4-8-14-18/h3-8,11-14,19-23H,1-2,9-10,15-16H2. The van der Waals surface area contributed by atoms with E-state index in [1.165, 1.54) is 0 Å². The third-order valence-electron chi connectivity index (χ3n) is 4.06. The Kier molecular flexibility index (Phi) is 7.81. The third-order valence-corrected chi connectivity index (χ3v) is 4.06. The van der Waals surface area contributed by atoms with E-state index in [-0.39, 0.29) is 12.6 Å². The Morgan fingerprint density at radius 2 is 1.30 bits per heavy atom. The molecule has 0 aliphatic rings. The van der Waals surface area contributed by atoms with E-state index in [1.54, 1.807) is 0 Å². The number of nitrogens with one attached hydrogen (secondary N) is 1. The molecule has 3 heteroatoms. The van der Waals surface area contributed by atoms with Gasteiger partial charge in [-0.1, -0.05) is 73.5 Å². The highest BCUT2D eigenvalue weighted by Crippen LogP contribution is 2.28. The van der Waals surface area contributed by atoms with Gasteiger partial charge in [0.05, 0.1) is 12.1 Å². The summed E-state index contributed by atoms with van der Waals surface area (Å²) in [5.41, 5.74) is 2.02. The highest BCUT2D eigenvalue weighted by atomic mass is 16.3. The molecule has 0 heterocycles. The second kappa shape index (κ2) is 10.2. The van der Waals surface area contributed by atoms with Crippen LogP contribution in [0.4, 0.5) is 0 Å². The number of unbranched alkanes of at least 4 members (excludes halogenated alkanes) is 3. The van der Waals surface area contributed by atoms with E-state index in [0.29, 0.717) is 0 Å². The Morgan fingerprint density at radius 1 is 0.739 bits per heavy atom. The first-order valence-corrected chi connectivity index (χ1v) is 8.45. The topological polar surface area (TPSA) is 52.5 Å². The largest absolute Gasteiger partial charge is 0.396 e. The fraction of sp³-hybridized carbons (Fsp3) is 0.400. The van der Waals surface area contributed by atoms with Gasteiger partial charge in [0.2, 0.25) is 0 Å². The highest BCUT2D eigenvalue weighted by Gasteiger charge is 2.21. The van der Waals surface area contributed by atoms with Gasteiger partial charge >= 0.3 is 0 Å². The minimum Gasteiger partial charge on any atom is -0.396 e. The molecule has 0 aromatic heterocycles. The van der Waals surface area contributed by atoms with Crippen molar-refractivity contribution in [1.82, 2.24) is 5.32 Å². The maximum Gasteiger partial charge on any atom is 0.0984 e. The lowest BCUT2D eigenvalue weighted by molar-refractivity contribution is 0.128. The molecule has 0 aliphatic carbocycles. The van der Waals surface area contributed by atoms with Crippen molar-refractivity contribution in [1.29, 1.82) is 0 Å². The van der Waals surface area contributed by atoms with Crippen molar-refractivity contribution in [3.05, 3.63) is 71.8 Å². The first-order valence-electron chi connectivity index (χ1n) is 8.45. The summed E-state index contributed by atoms with van der Waals surface area (Å²) in [5, 5.41) is 23.1. The summed E-state index contributed by atoms with van der Waals surface area (Å²) >= 11 is 0. The van der Waals surface area contributed by atoms with Crippen LogP contribution in [-0.4, -0.2) is 23.4 Å². The summed E-state index contributed by atoms with van der Waals surface area (Å²) in [6.07, 6.45) is 3.49. The smallest absolute Gasteiger partial charge is 0.0984 e. The average molecular weight is 313 g/mol. The van der Waals surface area contributed by atoms with Crippen LogP contribution in [0.1, 0.15) is 49.0 Å². The van der Waals surface area contributed by atoms with Crippen LogP contribution in [0, 0.1) is 0 Å². The molecule has 3 N–H and O–H groups in total. The molecule has 0 saturated heterocycles. The van der Waals surface area contributed by atoms with E-state index in [9.17, 15) is 5.11 Å². The molecular formula is C20H27NO2. The minimum atomic E-state index is -0.573. The van der Waals surface area contributed by atoms with Gasteiger partial charge < -0.3 is 15.5 Å². The van der Waals surface area contributed by atoms with Gasteiger partial charge in [-0.15, -0.1) is 0 Å². The van der Waals surface area contributed by atoms with Crippen molar-refractivity contribution in [3.8, 4) is 0 Å². The molecule has 2 rings (SSSR count). The van der Waals surface area contributed by atoms with Crippen molar-refractivity contribution in [2.45, 2.75) is 37.8 Å². The first-order chi connectivity index (χ1) is 11.3. The van der Waals surface area contributed by atoms with E-state index in [1.807, 2.05) is 48.5 Å². The fourth-order valence-corrected chi connectivity index (χ4v) is 2.76. The summed E-state index contributed by atoms with van der Waals surface area (Å²) in [6.45, 7) is 1.13. The Labute approximate surface area is 139 Å². The van der Waals surface area contributed by atoms with Crippen LogP contribution in [0.2, 0.25) is 0 Å². The van der Waals surface area contributed by atoms with E-state index in [0.717, 1.165) is 43.4 Å². The number of aliphatic hydroxyl groups is 2. The molecule has 124 valence electrons. The quantitative estimate of drug-likeness (QED) is 0.587. The summed E-state index contributed by atoms with van der Waals surface area (Å²) in [6, 6.07) is 19.8. The van der Waals surface area contributed by atoms with Crippen LogP contribution in [0.5, 0.6) is 0 Å². The highest BCUT2D eigenvalue weighted by molar-refractivity contribution is 5.26. The van der Waals surface area contributed by atoms with Crippen molar-refractivity contribution in [2.24, 2.45) is 0 Å². The van der Waals surface area contributed by atoms with Gasteiger partial charge in [-0.2, -0.15) is 0 Å². The maximum atomic E-state index is 10.8. The van der Waals surface area contributed by atoms with Gasteiger partial charge in [0, 0.05) is 6.61 Å². The Balaban J connectivity index is 1.98. The molecule has 0 bridgehead atoms. The zero-order valence-corrected chi connectivity index (χ0v) is 13.6. The molecule has 2 aromatic carbocycles. The Morgan fingerprint density at radius 3 is 1.91 bits per heavy atom. The molecule has 2 unspecified atom stereocenters. The van der Waals surface area contributed by atoms with Crippen LogP contribution in [0.3, 0.4) is 0 Å². The summed E-state index contributed by atoms with van der Waals surface area (Å²) in [7, 11) is 0. The number of rotatable bonds is 10. The van der Waals surface area contributed by atoms with Crippen LogP contribution >= 0.6 is 0 Å². The number of hydrogen-bond donors (Lipinski definition) is 3. The van der Waals surface area contributed by atoms with Gasteiger partial charge in [-0.3, -0.25) is 0 Å². The lowest BCUT2D eigenvalue weighted by atomic mass is 9.95. The minimum absolute atomic E-state index is 0.114. The maximum absolute atomic E-state index is 10.8. The normalized spacial score (nSPS) is 13.7. The van der Waals surface area contributed by atoms with Crippen LogP contribution in [0.25, 0.3) is 0 Å². The molecule has 0 spiro atoms. The monoisotopic (exact) mass is 313 g/mol. The SMILES string of the molecule is OCCCCCCNC(c1ccccc1)C(O)c1ccccc1. The summed E-state index contributed by atoms with van der Waals surface area (Å²) < 4.78 is 0. The fourth-order valence-electron chi connectivity index (χ4n) is 2.76. The Hall–Kier alpha value is -1.68. The lowest BCUT2D eigenvalue weighted by Gasteiger charge is -2.25. The van der Waals surface area contributed by atoms with Gasteiger partial charge in [0.15, 0.2) is 0 Å².